The number of allylic oxidation sites excluding steroid dienone is 2. The van der Waals surface area contributed by atoms with Crippen molar-refractivity contribution in [1.82, 2.24) is 4.57 Å². The average Bonchev–Trinajstić information content (AvgIpc) is 3.17. The Morgan fingerprint density at radius 3 is 2.20 bits per heavy atom. The van der Waals surface area contributed by atoms with E-state index in [0.29, 0.717) is 22.9 Å². The summed E-state index contributed by atoms with van der Waals surface area (Å²) in [6.45, 7) is 0. The Balaban J connectivity index is 1.99. The number of aliphatic carboxylic acids is 1. The van der Waals surface area contributed by atoms with E-state index in [4.69, 9.17) is 5.11 Å². The average molecular weight is 405 g/mol. The van der Waals surface area contributed by atoms with Gasteiger partial charge < -0.3 is 14.8 Å². The van der Waals surface area contributed by atoms with E-state index in [0.717, 1.165) is 11.8 Å². The Hall–Kier alpha value is -4.26. The molecule has 3 aromatic rings. The number of benzene rings is 2. The molecule has 0 amide bonds. The number of aliphatic hydroxyl groups excluding tert-OH is 1. The molecule has 0 bridgehead atoms. The number of aromatic nitrogens is 1. The Morgan fingerprint density at radius 1 is 0.900 bits per heavy atom. The zero-order valence-electron chi connectivity index (χ0n) is 15.5. The third-order valence-corrected chi connectivity index (χ3v) is 4.17. The number of halogens is 1. The van der Waals surface area contributed by atoms with E-state index in [9.17, 15) is 23.9 Å². The van der Waals surface area contributed by atoms with Crippen LogP contribution in [0, 0.1) is 5.82 Å². The lowest BCUT2D eigenvalue weighted by atomic mass is 10.1. The quantitative estimate of drug-likeness (QED) is 0.352. The zero-order chi connectivity index (χ0) is 21.7. The Labute approximate surface area is 170 Å². The summed E-state index contributed by atoms with van der Waals surface area (Å²) >= 11 is 0. The molecule has 0 saturated carbocycles. The first-order valence-corrected chi connectivity index (χ1v) is 8.79. The van der Waals surface area contributed by atoms with Crippen molar-refractivity contribution >= 4 is 23.6 Å². The molecular formula is C23H16FNO5. The van der Waals surface area contributed by atoms with Crippen LogP contribution in [0.3, 0.4) is 0 Å². The molecule has 0 atom stereocenters. The Kier molecular flexibility index (Phi) is 6.03. The molecule has 0 aliphatic rings. The van der Waals surface area contributed by atoms with Crippen LogP contribution < -0.4 is 0 Å². The van der Waals surface area contributed by atoms with Gasteiger partial charge in [-0.25, -0.2) is 9.18 Å². The van der Waals surface area contributed by atoms with Crippen LogP contribution in [0.15, 0.2) is 84.8 Å². The maximum atomic E-state index is 13.1. The minimum atomic E-state index is -1.61. The molecular weight excluding hydrogens is 389 g/mol. The van der Waals surface area contributed by atoms with Crippen molar-refractivity contribution in [3.63, 3.8) is 0 Å². The second-order valence-electron chi connectivity index (χ2n) is 6.27. The van der Waals surface area contributed by atoms with Crippen LogP contribution in [-0.4, -0.2) is 32.3 Å². The van der Waals surface area contributed by atoms with E-state index in [1.54, 1.807) is 16.8 Å². The first kappa shape index (κ1) is 20.5. The van der Waals surface area contributed by atoms with Gasteiger partial charge in [-0.2, -0.15) is 0 Å². The number of ketones is 2. The van der Waals surface area contributed by atoms with Crippen molar-refractivity contribution in [1.29, 1.82) is 0 Å². The second kappa shape index (κ2) is 8.83. The molecule has 0 unspecified atom stereocenters. The number of carbonyl (C=O) groups is 3. The maximum Gasteiger partial charge on any atom is 0.371 e. The van der Waals surface area contributed by atoms with E-state index in [1.807, 2.05) is 30.3 Å². The molecule has 0 radical (unpaired) electrons. The number of carbonyl (C=O) groups excluding carboxylic acids is 2. The summed E-state index contributed by atoms with van der Waals surface area (Å²) in [5, 5.41) is 17.8. The smallest absolute Gasteiger partial charge is 0.371 e. The third kappa shape index (κ3) is 4.77. The van der Waals surface area contributed by atoms with Gasteiger partial charge in [0.05, 0.1) is 0 Å². The number of carboxylic acid groups (broad SMARTS) is 1. The highest BCUT2D eigenvalue weighted by molar-refractivity contribution is 6.09. The van der Waals surface area contributed by atoms with Gasteiger partial charge >= 0.3 is 5.97 Å². The van der Waals surface area contributed by atoms with E-state index < -0.39 is 23.3 Å². The van der Waals surface area contributed by atoms with Crippen molar-refractivity contribution in [2.45, 2.75) is 0 Å². The number of hydrogen-bond donors (Lipinski definition) is 2. The van der Waals surface area contributed by atoms with Crippen LogP contribution >= 0.6 is 0 Å². The number of nitrogens with zero attached hydrogens (tertiary/aromatic N) is 1. The SMILES string of the molecule is O=C(/C=C/c1cc(C(=O)c2ccc(F)cc2)cn1-c1ccccc1)/C=C(/O)C(=O)O. The monoisotopic (exact) mass is 405 g/mol. The summed E-state index contributed by atoms with van der Waals surface area (Å²) in [5.74, 6) is -4.20. The van der Waals surface area contributed by atoms with Crippen LogP contribution in [0.4, 0.5) is 4.39 Å². The predicted molar refractivity (Wildman–Crippen MR) is 108 cm³/mol. The standard InChI is InChI=1S/C23H16FNO5/c24-17-8-6-15(7-9-17)22(28)16-12-19(10-11-20(26)13-21(27)23(29)30)25(14-16)18-4-2-1-3-5-18/h1-14,27H,(H,29,30)/b11-10+,21-13+. The lowest BCUT2D eigenvalue weighted by Crippen LogP contribution is -2.02. The fraction of sp³-hybridized carbons (Fsp3) is 0. The lowest BCUT2D eigenvalue weighted by molar-refractivity contribution is -0.135. The minimum Gasteiger partial charge on any atom is -0.502 e. The molecule has 0 spiro atoms. The highest BCUT2D eigenvalue weighted by Crippen LogP contribution is 2.20. The van der Waals surface area contributed by atoms with Gasteiger partial charge in [-0.1, -0.05) is 18.2 Å². The molecule has 0 saturated heterocycles. The molecule has 1 aromatic heterocycles. The largest absolute Gasteiger partial charge is 0.502 e. The van der Waals surface area contributed by atoms with Gasteiger partial charge in [0.1, 0.15) is 5.82 Å². The van der Waals surface area contributed by atoms with Gasteiger partial charge in [0, 0.05) is 34.8 Å². The number of hydrogen-bond acceptors (Lipinski definition) is 4. The molecule has 2 aromatic carbocycles. The predicted octanol–water partition coefficient (Wildman–Crippen LogP) is 3.96. The van der Waals surface area contributed by atoms with E-state index in [2.05, 4.69) is 0 Å². The summed E-state index contributed by atoms with van der Waals surface area (Å²) in [5.41, 5.74) is 1.83. The normalized spacial score (nSPS) is 11.6. The third-order valence-electron chi connectivity index (χ3n) is 4.17. The molecule has 150 valence electrons. The summed E-state index contributed by atoms with van der Waals surface area (Å²) in [6.07, 6.45) is 4.66. The fourth-order valence-corrected chi connectivity index (χ4v) is 2.72. The molecule has 7 heteroatoms. The van der Waals surface area contributed by atoms with Gasteiger partial charge in [-0.3, -0.25) is 9.59 Å². The Morgan fingerprint density at radius 2 is 1.57 bits per heavy atom. The van der Waals surface area contributed by atoms with Gasteiger partial charge in [0.15, 0.2) is 11.6 Å². The molecule has 0 aliphatic heterocycles. The number of rotatable bonds is 7. The lowest BCUT2D eigenvalue weighted by Gasteiger charge is -2.05. The van der Waals surface area contributed by atoms with Crippen LogP contribution in [0.5, 0.6) is 0 Å². The van der Waals surface area contributed by atoms with Crippen molar-refractivity contribution in [3.8, 4) is 5.69 Å². The number of aliphatic hydroxyl groups is 1. The zero-order valence-corrected chi connectivity index (χ0v) is 15.5. The fourth-order valence-electron chi connectivity index (χ4n) is 2.72. The van der Waals surface area contributed by atoms with Gasteiger partial charge in [-0.05, 0) is 54.6 Å². The maximum absolute atomic E-state index is 13.1. The minimum absolute atomic E-state index is 0.308. The van der Waals surface area contributed by atoms with Crippen LogP contribution in [0.1, 0.15) is 21.6 Å². The summed E-state index contributed by atoms with van der Waals surface area (Å²) in [6, 6.07) is 15.8. The van der Waals surface area contributed by atoms with Crippen molar-refractivity contribution < 1.29 is 29.0 Å². The molecule has 6 nitrogen and oxygen atoms in total. The molecule has 30 heavy (non-hydrogen) atoms. The van der Waals surface area contributed by atoms with Crippen molar-refractivity contribution in [3.05, 3.63) is 107 Å². The van der Waals surface area contributed by atoms with Gasteiger partial charge in [-0.15, -0.1) is 0 Å². The summed E-state index contributed by atoms with van der Waals surface area (Å²) in [7, 11) is 0. The topological polar surface area (TPSA) is 96.6 Å². The molecule has 2 N–H and O–H groups in total. The first-order chi connectivity index (χ1) is 14.3. The molecule has 3 rings (SSSR count). The number of carboxylic acids is 1. The van der Waals surface area contributed by atoms with E-state index in [-0.39, 0.29) is 5.78 Å². The highest BCUT2D eigenvalue weighted by atomic mass is 19.1. The van der Waals surface area contributed by atoms with Crippen LogP contribution in [0.25, 0.3) is 11.8 Å². The van der Waals surface area contributed by atoms with Crippen LogP contribution in [0.2, 0.25) is 0 Å². The van der Waals surface area contributed by atoms with E-state index >= 15 is 0 Å². The second-order valence-corrected chi connectivity index (χ2v) is 6.27. The van der Waals surface area contributed by atoms with Gasteiger partial charge in [0.2, 0.25) is 5.76 Å². The number of para-hydroxylation sites is 1. The summed E-state index contributed by atoms with van der Waals surface area (Å²) in [4.78, 5) is 35.3. The van der Waals surface area contributed by atoms with Crippen molar-refractivity contribution in [2.24, 2.45) is 0 Å². The van der Waals surface area contributed by atoms with Gasteiger partial charge in [0.25, 0.3) is 0 Å². The highest BCUT2D eigenvalue weighted by Gasteiger charge is 2.14. The first-order valence-electron chi connectivity index (χ1n) is 8.79. The van der Waals surface area contributed by atoms with E-state index in [1.165, 1.54) is 30.3 Å². The molecule has 1 heterocycles. The van der Waals surface area contributed by atoms with Crippen LogP contribution in [-0.2, 0) is 9.59 Å². The summed E-state index contributed by atoms with van der Waals surface area (Å²) < 4.78 is 14.8. The molecule has 0 fully saturated rings. The van der Waals surface area contributed by atoms with Crippen molar-refractivity contribution in [2.75, 3.05) is 0 Å². The Bertz CT molecular complexity index is 1160. The molecule has 0 aliphatic carbocycles.